The summed E-state index contributed by atoms with van der Waals surface area (Å²) in [5.41, 5.74) is -1.46. The quantitative estimate of drug-likeness (QED) is 0.871. The molecule has 0 radical (unpaired) electrons. The van der Waals surface area contributed by atoms with Crippen molar-refractivity contribution in [2.24, 2.45) is 0 Å². The number of rotatable bonds is 3. The van der Waals surface area contributed by atoms with E-state index in [2.05, 4.69) is 9.72 Å². The highest BCUT2D eigenvalue weighted by Crippen LogP contribution is 2.27. The van der Waals surface area contributed by atoms with Crippen molar-refractivity contribution >= 4 is 17.6 Å². The Morgan fingerprint density at radius 1 is 1.36 bits per heavy atom. The Morgan fingerprint density at radius 3 is 2.68 bits per heavy atom. The summed E-state index contributed by atoms with van der Waals surface area (Å²) in [6.45, 7) is 1.35. The van der Waals surface area contributed by atoms with Crippen LogP contribution in [-0.2, 0) is 9.53 Å². The zero-order chi connectivity index (χ0) is 16.4. The summed E-state index contributed by atoms with van der Waals surface area (Å²) in [4.78, 5) is 38.2. The van der Waals surface area contributed by atoms with Gasteiger partial charge in [0.15, 0.2) is 0 Å². The summed E-state index contributed by atoms with van der Waals surface area (Å²) >= 11 is 5.85. The van der Waals surface area contributed by atoms with Gasteiger partial charge in [-0.25, -0.2) is 18.5 Å². The number of methoxy groups -OCH3 is 1. The fraction of sp³-hybridized carbons (Fsp3) is 0.214. The number of esters is 1. The third-order valence-corrected chi connectivity index (χ3v) is 3.56. The van der Waals surface area contributed by atoms with E-state index >= 15 is 0 Å². The van der Waals surface area contributed by atoms with Crippen molar-refractivity contribution in [3.05, 3.63) is 56.1 Å². The zero-order valence-electron chi connectivity index (χ0n) is 11.7. The van der Waals surface area contributed by atoms with Crippen molar-refractivity contribution in [3.8, 4) is 11.1 Å². The smallest absolute Gasteiger partial charge is 0.329 e. The number of hydrogen-bond acceptors (Lipinski definition) is 4. The number of halogens is 2. The SMILES string of the molecule is COC(=O)C(C)n1c(=O)[nH]cc(-c2cccc(F)c2Cl)c1=O. The molecule has 1 N–H and O–H groups in total. The lowest BCUT2D eigenvalue weighted by Gasteiger charge is -2.13. The average molecular weight is 327 g/mol. The molecule has 1 heterocycles. The van der Waals surface area contributed by atoms with Gasteiger partial charge in [-0.05, 0) is 13.0 Å². The lowest BCUT2D eigenvalue weighted by molar-refractivity contribution is -0.144. The minimum atomic E-state index is -1.13. The molecule has 1 atom stereocenters. The Morgan fingerprint density at radius 2 is 2.05 bits per heavy atom. The molecule has 0 aliphatic rings. The van der Waals surface area contributed by atoms with Crippen LogP contribution in [0.25, 0.3) is 11.1 Å². The van der Waals surface area contributed by atoms with Crippen LogP contribution < -0.4 is 11.2 Å². The highest BCUT2D eigenvalue weighted by atomic mass is 35.5. The molecule has 6 nitrogen and oxygen atoms in total. The van der Waals surface area contributed by atoms with Crippen molar-refractivity contribution in [3.63, 3.8) is 0 Å². The molecular formula is C14H12ClFN2O4. The standard InChI is InChI=1S/C14H12ClFN2O4/c1-7(13(20)22-2)18-12(19)9(6-17-14(18)21)8-4-3-5-10(16)11(8)15/h3-7H,1-2H3,(H,17,21). The molecule has 0 saturated carbocycles. The fourth-order valence-electron chi connectivity index (χ4n) is 2.02. The number of hydrogen-bond donors (Lipinski definition) is 1. The van der Waals surface area contributed by atoms with Crippen LogP contribution >= 0.6 is 11.6 Å². The van der Waals surface area contributed by atoms with Crippen LogP contribution in [0.3, 0.4) is 0 Å². The van der Waals surface area contributed by atoms with Gasteiger partial charge in [-0.3, -0.25) is 4.79 Å². The van der Waals surface area contributed by atoms with Gasteiger partial charge >= 0.3 is 11.7 Å². The number of nitrogens with zero attached hydrogens (tertiary/aromatic N) is 1. The molecule has 0 aliphatic heterocycles. The van der Waals surface area contributed by atoms with E-state index in [9.17, 15) is 18.8 Å². The minimum Gasteiger partial charge on any atom is -0.467 e. The van der Waals surface area contributed by atoms with Gasteiger partial charge < -0.3 is 9.72 Å². The maximum absolute atomic E-state index is 13.5. The van der Waals surface area contributed by atoms with Gasteiger partial charge in [-0.1, -0.05) is 23.7 Å². The number of aromatic nitrogens is 2. The Balaban J connectivity index is 2.72. The Bertz CT molecular complexity index is 843. The van der Waals surface area contributed by atoms with Crippen molar-refractivity contribution < 1.29 is 13.9 Å². The number of nitrogens with one attached hydrogen (secondary N) is 1. The second-order valence-electron chi connectivity index (χ2n) is 4.48. The Labute approximate surface area is 129 Å². The maximum atomic E-state index is 13.5. The van der Waals surface area contributed by atoms with Gasteiger partial charge in [0, 0.05) is 11.8 Å². The van der Waals surface area contributed by atoms with Crippen LogP contribution in [-0.4, -0.2) is 22.6 Å². The lowest BCUT2D eigenvalue weighted by atomic mass is 10.1. The first-order valence-electron chi connectivity index (χ1n) is 6.25. The molecule has 116 valence electrons. The topological polar surface area (TPSA) is 81.2 Å². The highest BCUT2D eigenvalue weighted by molar-refractivity contribution is 6.33. The van der Waals surface area contributed by atoms with Gasteiger partial charge in [0.1, 0.15) is 11.9 Å². The van der Waals surface area contributed by atoms with E-state index < -0.39 is 29.1 Å². The van der Waals surface area contributed by atoms with Crippen molar-refractivity contribution in [1.82, 2.24) is 9.55 Å². The molecule has 22 heavy (non-hydrogen) atoms. The zero-order valence-corrected chi connectivity index (χ0v) is 12.5. The largest absolute Gasteiger partial charge is 0.467 e. The summed E-state index contributed by atoms with van der Waals surface area (Å²) in [5.74, 6) is -1.45. The first-order valence-corrected chi connectivity index (χ1v) is 6.62. The van der Waals surface area contributed by atoms with E-state index in [0.29, 0.717) is 4.57 Å². The second kappa shape index (κ2) is 6.15. The van der Waals surface area contributed by atoms with E-state index in [1.807, 2.05) is 0 Å². The lowest BCUT2D eigenvalue weighted by Crippen LogP contribution is -2.40. The molecule has 1 unspecified atom stereocenters. The van der Waals surface area contributed by atoms with Crippen LogP contribution in [0, 0.1) is 5.82 Å². The summed E-state index contributed by atoms with van der Waals surface area (Å²) in [6, 6.07) is 2.84. The molecule has 2 aromatic rings. The summed E-state index contributed by atoms with van der Waals surface area (Å²) < 4.78 is 18.8. The molecule has 2 rings (SSSR count). The number of benzene rings is 1. The molecule has 0 spiro atoms. The second-order valence-corrected chi connectivity index (χ2v) is 4.86. The van der Waals surface area contributed by atoms with E-state index in [0.717, 1.165) is 19.4 Å². The van der Waals surface area contributed by atoms with Crippen molar-refractivity contribution in [1.29, 1.82) is 0 Å². The molecule has 0 fully saturated rings. The van der Waals surface area contributed by atoms with Crippen LogP contribution in [0.15, 0.2) is 34.0 Å². The van der Waals surface area contributed by atoms with Gasteiger partial charge in [0.05, 0.1) is 17.7 Å². The third-order valence-electron chi connectivity index (χ3n) is 3.18. The number of ether oxygens (including phenoxy) is 1. The molecule has 0 aliphatic carbocycles. The summed E-state index contributed by atoms with van der Waals surface area (Å²) in [7, 11) is 1.14. The van der Waals surface area contributed by atoms with Crippen LogP contribution in [0.5, 0.6) is 0 Å². The van der Waals surface area contributed by atoms with E-state index in [-0.39, 0.29) is 16.1 Å². The van der Waals surface area contributed by atoms with Crippen LogP contribution in [0.2, 0.25) is 5.02 Å². The number of H-pyrrole nitrogens is 1. The van der Waals surface area contributed by atoms with Gasteiger partial charge in [-0.15, -0.1) is 0 Å². The van der Waals surface area contributed by atoms with Gasteiger partial charge in [0.2, 0.25) is 0 Å². The first kappa shape index (κ1) is 16.0. The number of carbonyl (C=O) groups excluding carboxylic acids is 1. The maximum Gasteiger partial charge on any atom is 0.329 e. The van der Waals surface area contributed by atoms with Crippen LogP contribution in [0.1, 0.15) is 13.0 Å². The van der Waals surface area contributed by atoms with Crippen molar-refractivity contribution in [2.45, 2.75) is 13.0 Å². The van der Waals surface area contributed by atoms with Crippen molar-refractivity contribution in [2.75, 3.05) is 7.11 Å². The molecular weight excluding hydrogens is 315 g/mol. The molecule has 0 amide bonds. The first-order chi connectivity index (χ1) is 10.4. The monoisotopic (exact) mass is 326 g/mol. The molecule has 0 bridgehead atoms. The predicted molar refractivity (Wildman–Crippen MR) is 78.5 cm³/mol. The van der Waals surface area contributed by atoms with E-state index in [1.165, 1.54) is 19.1 Å². The number of aromatic amines is 1. The highest BCUT2D eigenvalue weighted by Gasteiger charge is 2.22. The Kier molecular flexibility index (Phi) is 4.46. The molecule has 8 heteroatoms. The normalized spacial score (nSPS) is 12.0. The average Bonchev–Trinajstić information content (AvgIpc) is 2.50. The molecule has 1 aromatic heterocycles. The third kappa shape index (κ3) is 2.67. The van der Waals surface area contributed by atoms with Crippen LogP contribution in [0.4, 0.5) is 4.39 Å². The fourth-order valence-corrected chi connectivity index (χ4v) is 2.25. The van der Waals surface area contributed by atoms with E-state index in [4.69, 9.17) is 11.6 Å². The number of carbonyl (C=O) groups is 1. The van der Waals surface area contributed by atoms with Gasteiger partial charge in [0.25, 0.3) is 5.56 Å². The Hall–Kier alpha value is -2.41. The molecule has 1 aromatic carbocycles. The minimum absolute atomic E-state index is 0.0279. The molecule has 0 saturated heterocycles. The van der Waals surface area contributed by atoms with E-state index in [1.54, 1.807) is 0 Å². The van der Waals surface area contributed by atoms with Gasteiger partial charge in [-0.2, -0.15) is 0 Å². The predicted octanol–water partition coefficient (Wildman–Crippen LogP) is 1.73. The summed E-state index contributed by atoms with van der Waals surface area (Å²) in [6.07, 6.45) is 1.13. The summed E-state index contributed by atoms with van der Waals surface area (Å²) in [5, 5.41) is -0.246.